The molecule has 96 valence electrons. The van der Waals surface area contributed by atoms with Gasteiger partial charge in [-0.3, -0.25) is 4.79 Å². The Kier molecular flexibility index (Phi) is 4.30. The van der Waals surface area contributed by atoms with Crippen LogP contribution in [0.15, 0.2) is 0 Å². The van der Waals surface area contributed by atoms with Crippen molar-refractivity contribution in [2.75, 3.05) is 6.54 Å². The van der Waals surface area contributed by atoms with Gasteiger partial charge in [0, 0.05) is 6.54 Å². The monoisotopic (exact) mass is 247 g/mol. The van der Waals surface area contributed by atoms with Crippen LogP contribution >= 0.6 is 0 Å². The quantitative estimate of drug-likeness (QED) is 0.763. The van der Waals surface area contributed by atoms with E-state index in [1.54, 1.807) is 26.1 Å². The molecule has 1 N–H and O–H groups in total. The molecule has 0 unspecified atom stereocenters. The average Bonchev–Trinajstić information content (AvgIpc) is 1.99. The number of rotatable bonds is 3. The summed E-state index contributed by atoms with van der Waals surface area (Å²) in [6.45, 7) is 5.12. The van der Waals surface area contributed by atoms with Gasteiger partial charge >= 0.3 is 12.1 Å². The van der Waals surface area contributed by atoms with Gasteiger partial charge in [-0.25, -0.2) is 0 Å². The maximum atomic E-state index is 12.4. The third kappa shape index (κ3) is 4.32. The van der Waals surface area contributed by atoms with Crippen molar-refractivity contribution >= 4 is 5.91 Å². The van der Waals surface area contributed by atoms with Gasteiger partial charge in [-0.2, -0.15) is 22.0 Å². The molecule has 0 aliphatic rings. The Labute approximate surface area is 90.2 Å². The summed E-state index contributed by atoms with van der Waals surface area (Å²) < 4.78 is 60.0. The van der Waals surface area contributed by atoms with Gasteiger partial charge in [0.2, 0.25) is 0 Å². The lowest BCUT2D eigenvalue weighted by atomic mass is 9.92. The molecule has 0 aromatic heterocycles. The van der Waals surface area contributed by atoms with E-state index in [1.807, 2.05) is 0 Å². The molecule has 0 fully saturated rings. The summed E-state index contributed by atoms with van der Waals surface area (Å²) in [6, 6.07) is 0. The maximum Gasteiger partial charge on any atom is 0.463 e. The summed E-state index contributed by atoms with van der Waals surface area (Å²) in [5, 5.41) is 1.58. The number of carbonyl (C=O) groups is 1. The molecule has 16 heavy (non-hydrogen) atoms. The van der Waals surface area contributed by atoms with Crippen molar-refractivity contribution in [2.45, 2.75) is 39.3 Å². The molecule has 0 aromatic rings. The smallest absolute Gasteiger partial charge is 0.351 e. The van der Waals surface area contributed by atoms with Crippen LogP contribution < -0.4 is 5.32 Å². The molecule has 2 nitrogen and oxygen atoms in total. The third-order valence-corrected chi connectivity index (χ3v) is 1.80. The zero-order valence-electron chi connectivity index (χ0n) is 9.21. The molecule has 0 aromatic carbocycles. The molecule has 0 spiro atoms. The molecule has 0 bridgehead atoms. The lowest BCUT2D eigenvalue weighted by molar-refractivity contribution is -0.269. The summed E-state index contributed by atoms with van der Waals surface area (Å²) in [5.74, 6) is -7.63. The molecule has 0 aliphatic heterocycles. The summed E-state index contributed by atoms with van der Waals surface area (Å²) in [5.41, 5.74) is -0.249. The van der Waals surface area contributed by atoms with Gasteiger partial charge in [-0.05, 0) is 11.8 Å². The minimum absolute atomic E-state index is 0.214. The summed E-state index contributed by atoms with van der Waals surface area (Å²) in [6.07, 6.45) is -5.54. The van der Waals surface area contributed by atoms with Crippen LogP contribution in [0.5, 0.6) is 0 Å². The van der Waals surface area contributed by atoms with E-state index in [4.69, 9.17) is 0 Å². The average molecular weight is 247 g/mol. The Bertz CT molecular complexity index is 254. The minimum atomic E-state index is -5.85. The second kappa shape index (κ2) is 4.55. The molecule has 0 heterocycles. The number of halogens is 5. The van der Waals surface area contributed by atoms with Gasteiger partial charge in [-0.15, -0.1) is 0 Å². The Morgan fingerprint density at radius 1 is 1.06 bits per heavy atom. The van der Waals surface area contributed by atoms with E-state index in [0.717, 1.165) is 0 Å². The number of hydrogen-bond donors (Lipinski definition) is 1. The fourth-order valence-corrected chi connectivity index (χ4v) is 0.791. The van der Waals surface area contributed by atoms with Crippen molar-refractivity contribution in [2.24, 2.45) is 5.41 Å². The van der Waals surface area contributed by atoms with Gasteiger partial charge in [0.25, 0.3) is 5.91 Å². The largest absolute Gasteiger partial charge is 0.463 e. The van der Waals surface area contributed by atoms with Crippen molar-refractivity contribution < 1.29 is 26.7 Å². The molecule has 1 amide bonds. The van der Waals surface area contributed by atoms with Crippen LogP contribution in [-0.4, -0.2) is 24.6 Å². The van der Waals surface area contributed by atoms with E-state index in [1.165, 1.54) is 0 Å². The van der Waals surface area contributed by atoms with Crippen LogP contribution in [0.25, 0.3) is 0 Å². The van der Waals surface area contributed by atoms with Crippen LogP contribution in [0.3, 0.4) is 0 Å². The number of carbonyl (C=O) groups excluding carboxylic acids is 1. The highest BCUT2D eigenvalue weighted by molar-refractivity contribution is 5.84. The molecule has 0 saturated carbocycles. The van der Waals surface area contributed by atoms with Crippen molar-refractivity contribution in [1.82, 2.24) is 5.32 Å². The van der Waals surface area contributed by atoms with Crippen molar-refractivity contribution in [3.8, 4) is 0 Å². The SMILES string of the molecule is CC(C)(C)CCNC(=O)C(F)(F)C(F)(F)F. The Hall–Kier alpha value is -0.880. The van der Waals surface area contributed by atoms with Crippen LogP contribution in [0.4, 0.5) is 22.0 Å². The minimum Gasteiger partial charge on any atom is -0.351 e. The van der Waals surface area contributed by atoms with E-state index >= 15 is 0 Å². The lowest BCUT2D eigenvalue weighted by Gasteiger charge is -2.21. The highest BCUT2D eigenvalue weighted by Crippen LogP contribution is 2.35. The molecule has 0 radical (unpaired) electrons. The first-order valence-electron chi connectivity index (χ1n) is 4.61. The second-order valence-corrected chi connectivity index (χ2v) is 4.64. The number of nitrogens with one attached hydrogen (secondary N) is 1. The molecular weight excluding hydrogens is 233 g/mol. The fourth-order valence-electron chi connectivity index (χ4n) is 0.791. The summed E-state index contributed by atoms with van der Waals surface area (Å²) >= 11 is 0. The standard InChI is InChI=1S/C9H14F5NO/c1-7(2,3)4-5-15-6(16)8(10,11)9(12,13)14/h4-5H2,1-3H3,(H,15,16). The normalized spacial score (nSPS) is 13.8. The van der Waals surface area contributed by atoms with Crippen molar-refractivity contribution in [1.29, 1.82) is 0 Å². The van der Waals surface area contributed by atoms with E-state index in [0.29, 0.717) is 6.42 Å². The van der Waals surface area contributed by atoms with Crippen molar-refractivity contribution in [3.63, 3.8) is 0 Å². The van der Waals surface area contributed by atoms with Crippen LogP contribution in [0, 0.1) is 5.41 Å². The van der Waals surface area contributed by atoms with E-state index in [2.05, 4.69) is 0 Å². The Morgan fingerprint density at radius 3 is 1.81 bits per heavy atom. The number of hydrogen-bond acceptors (Lipinski definition) is 1. The van der Waals surface area contributed by atoms with Gasteiger partial charge in [-0.1, -0.05) is 20.8 Å². The zero-order valence-corrected chi connectivity index (χ0v) is 9.21. The van der Waals surface area contributed by atoms with Gasteiger partial charge in [0.05, 0.1) is 0 Å². The molecule has 0 saturated heterocycles. The van der Waals surface area contributed by atoms with Gasteiger partial charge < -0.3 is 5.32 Å². The molecule has 0 aliphatic carbocycles. The Balaban J connectivity index is 4.28. The zero-order chi connectivity index (χ0) is 13.2. The summed E-state index contributed by atoms with van der Waals surface area (Å²) in [7, 11) is 0. The lowest BCUT2D eigenvalue weighted by Crippen LogP contribution is -2.50. The number of alkyl halides is 5. The second-order valence-electron chi connectivity index (χ2n) is 4.64. The predicted octanol–water partition coefficient (Wildman–Crippen LogP) is 2.74. The molecular formula is C9H14F5NO. The van der Waals surface area contributed by atoms with E-state index in [9.17, 15) is 26.7 Å². The maximum absolute atomic E-state index is 12.4. The first-order valence-corrected chi connectivity index (χ1v) is 4.61. The highest BCUT2D eigenvalue weighted by atomic mass is 19.4. The Morgan fingerprint density at radius 2 is 1.50 bits per heavy atom. The topological polar surface area (TPSA) is 29.1 Å². The fraction of sp³-hybridized carbons (Fsp3) is 0.889. The molecule has 0 rings (SSSR count). The van der Waals surface area contributed by atoms with E-state index < -0.39 is 18.0 Å². The van der Waals surface area contributed by atoms with Crippen LogP contribution in [0.1, 0.15) is 27.2 Å². The van der Waals surface area contributed by atoms with Gasteiger partial charge in [0.1, 0.15) is 0 Å². The first-order chi connectivity index (χ1) is 6.88. The molecule has 0 atom stereocenters. The highest BCUT2D eigenvalue weighted by Gasteiger charge is 2.63. The first kappa shape index (κ1) is 15.1. The van der Waals surface area contributed by atoms with Crippen LogP contribution in [-0.2, 0) is 4.79 Å². The van der Waals surface area contributed by atoms with Crippen molar-refractivity contribution in [3.05, 3.63) is 0 Å². The summed E-state index contributed by atoms with van der Waals surface area (Å²) in [4.78, 5) is 10.6. The van der Waals surface area contributed by atoms with Gasteiger partial charge in [0.15, 0.2) is 0 Å². The van der Waals surface area contributed by atoms with E-state index in [-0.39, 0.29) is 12.0 Å². The predicted molar refractivity (Wildman–Crippen MR) is 48.1 cm³/mol. The number of amides is 1. The third-order valence-electron chi connectivity index (χ3n) is 1.80. The van der Waals surface area contributed by atoms with Crippen LogP contribution in [0.2, 0.25) is 0 Å². The molecule has 7 heteroatoms.